The van der Waals surface area contributed by atoms with E-state index in [-0.39, 0.29) is 16.9 Å². The molecule has 0 amide bonds. The Morgan fingerprint density at radius 1 is 1.18 bits per heavy atom. The minimum absolute atomic E-state index is 0.133. The lowest BCUT2D eigenvalue weighted by atomic mass is 10.1. The maximum Gasteiger partial charge on any atom is 0.261 e. The van der Waals surface area contributed by atoms with Gasteiger partial charge in [-0.15, -0.1) is 0 Å². The van der Waals surface area contributed by atoms with Gasteiger partial charge in [-0.05, 0) is 43.0 Å². The first-order valence-electron chi connectivity index (χ1n) is 9.10. The molecule has 0 unspecified atom stereocenters. The smallest absolute Gasteiger partial charge is 0.261 e. The molecule has 0 bridgehead atoms. The van der Waals surface area contributed by atoms with E-state index in [1.54, 1.807) is 18.2 Å². The summed E-state index contributed by atoms with van der Waals surface area (Å²) in [6.45, 7) is 3.92. The number of hydrogen-bond acceptors (Lipinski definition) is 7. The van der Waals surface area contributed by atoms with Crippen LogP contribution in [0.15, 0.2) is 57.2 Å². The van der Waals surface area contributed by atoms with Crippen molar-refractivity contribution < 1.29 is 12.9 Å². The number of benzene rings is 1. The third kappa shape index (κ3) is 4.42. The summed E-state index contributed by atoms with van der Waals surface area (Å²) in [6.07, 6.45) is 5.02. The van der Waals surface area contributed by atoms with Gasteiger partial charge in [0.15, 0.2) is 0 Å². The predicted octanol–water partition coefficient (Wildman–Crippen LogP) is 2.45. The highest BCUT2D eigenvalue weighted by Crippen LogP contribution is 2.24. The highest BCUT2D eigenvalue weighted by Gasteiger charge is 2.21. The molecule has 28 heavy (non-hydrogen) atoms. The second-order valence-corrected chi connectivity index (χ2v) is 8.68. The van der Waals surface area contributed by atoms with Crippen LogP contribution >= 0.6 is 0 Å². The summed E-state index contributed by atoms with van der Waals surface area (Å²) in [6, 6.07) is 6.07. The Kier molecular flexibility index (Phi) is 5.85. The Hall–Kier alpha value is -2.65. The van der Waals surface area contributed by atoms with E-state index < -0.39 is 10.0 Å². The minimum Gasteiger partial charge on any atom is -0.391 e. The van der Waals surface area contributed by atoms with Crippen molar-refractivity contribution in [3.05, 3.63) is 53.7 Å². The van der Waals surface area contributed by atoms with Gasteiger partial charge in [0, 0.05) is 24.0 Å². The quantitative estimate of drug-likeness (QED) is 0.649. The monoisotopic (exact) mass is 403 g/mol. The van der Waals surface area contributed by atoms with Crippen LogP contribution in [-0.4, -0.2) is 25.6 Å². The van der Waals surface area contributed by atoms with Gasteiger partial charge in [0.2, 0.25) is 11.7 Å². The standard InChI is InChI=1S/C19H25N5O3S/c1-12(2)17(20)19-22-18(23-27-19)13-5-4-6-16(11-13)28(25,26)24-15-9-7-14(21-3)8-10-15/h4-7,9,11-12,17,21,24H,8,10,20H2,1-3H3/t17-/m0/s1. The van der Waals surface area contributed by atoms with Crippen LogP contribution in [0.25, 0.3) is 11.4 Å². The number of nitrogens with two attached hydrogens (primary N) is 1. The third-order valence-electron chi connectivity index (χ3n) is 4.58. The first kappa shape index (κ1) is 20.1. The molecule has 1 aromatic heterocycles. The molecule has 8 nitrogen and oxygen atoms in total. The molecule has 1 aliphatic rings. The van der Waals surface area contributed by atoms with E-state index in [2.05, 4.69) is 20.2 Å². The molecule has 0 aliphatic heterocycles. The van der Waals surface area contributed by atoms with E-state index in [9.17, 15) is 8.42 Å². The van der Waals surface area contributed by atoms with Crippen molar-refractivity contribution in [3.8, 4) is 11.4 Å². The van der Waals surface area contributed by atoms with Crippen molar-refractivity contribution in [3.63, 3.8) is 0 Å². The van der Waals surface area contributed by atoms with Gasteiger partial charge in [0.05, 0.1) is 10.9 Å². The van der Waals surface area contributed by atoms with E-state index >= 15 is 0 Å². The van der Waals surface area contributed by atoms with Crippen molar-refractivity contribution in [2.24, 2.45) is 11.7 Å². The van der Waals surface area contributed by atoms with Crippen LogP contribution in [0.2, 0.25) is 0 Å². The fourth-order valence-electron chi connectivity index (χ4n) is 2.74. The van der Waals surface area contributed by atoms with Crippen LogP contribution in [-0.2, 0) is 10.0 Å². The van der Waals surface area contributed by atoms with Crippen molar-refractivity contribution in [1.82, 2.24) is 20.2 Å². The van der Waals surface area contributed by atoms with Gasteiger partial charge < -0.3 is 15.6 Å². The van der Waals surface area contributed by atoms with E-state index in [0.717, 1.165) is 12.1 Å². The van der Waals surface area contributed by atoms with E-state index in [1.807, 2.05) is 27.0 Å². The normalized spacial score (nSPS) is 15.8. The lowest BCUT2D eigenvalue weighted by molar-refractivity contribution is 0.325. The predicted molar refractivity (Wildman–Crippen MR) is 106 cm³/mol. The number of allylic oxidation sites excluding steroid dienone is 4. The Morgan fingerprint density at radius 3 is 2.54 bits per heavy atom. The largest absolute Gasteiger partial charge is 0.391 e. The molecule has 4 N–H and O–H groups in total. The number of sulfonamides is 1. The van der Waals surface area contributed by atoms with Gasteiger partial charge in [-0.25, -0.2) is 8.42 Å². The number of aromatic nitrogens is 2. The molecule has 2 aromatic rings. The minimum atomic E-state index is -3.72. The summed E-state index contributed by atoms with van der Waals surface area (Å²) in [7, 11) is -1.87. The number of rotatable bonds is 7. The van der Waals surface area contributed by atoms with Crippen molar-refractivity contribution in [1.29, 1.82) is 0 Å². The molecular formula is C19H25N5O3S. The van der Waals surface area contributed by atoms with Crippen LogP contribution in [0.1, 0.15) is 38.6 Å². The molecule has 1 atom stereocenters. The second kappa shape index (κ2) is 8.15. The van der Waals surface area contributed by atoms with Gasteiger partial charge in [-0.3, -0.25) is 4.72 Å². The zero-order valence-electron chi connectivity index (χ0n) is 16.1. The average molecular weight is 404 g/mol. The van der Waals surface area contributed by atoms with Crippen LogP contribution < -0.4 is 15.8 Å². The molecular weight excluding hydrogens is 378 g/mol. The van der Waals surface area contributed by atoms with Crippen molar-refractivity contribution in [2.45, 2.75) is 37.6 Å². The third-order valence-corrected chi connectivity index (χ3v) is 5.99. The summed E-state index contributed by atoms with van der Waals surface area (Å²) < 4.78 is 33.4. The summed E-state index contributed by atoms with van der Waals surface area (Å²) in [5, 5.41) is 7.01. The van der Waals surface area contributed by atoms with E-state index in [0.29, 0.717) is 29.4 Å². The Bertz CT molecular complexity index is 1010. The summed E-state index contributed by atoms with van der Waals surface area (Å²) in [4.78, 5) is 4.45. The zero-order chi connectivity index (χ0) is 20.3. The van der Waals surface area contributed by atoms with E-state index in [4.69, 9.17) is 10.3 Å². The summed E-state index contributed by atoms with van der Waals surface area (Å²) in [5.41, 5.74) is 8.29. The molecule has 1 aliphatic carbocycles. The molecule has 0 radical (unpaired) electrons. The van der Waals surface area contributed by atoms with Gasteiger partial charge in [-0.2, -0.15) is 4.98 Å². The highest BCUT2D eigenvalue weighted by molar-refractivity contribution is 7.89. The van der Waals surface area contributed by atoms with Crippen molar-refractivity contribution >= 4 is 10.0 Å². The maximum atomic E-state index is 12.8. The zero-order valence-corrected chi connectivity index (χ0v) is 17.0. The molecule has 150 valence electrons. The molecule has 0 saturated carbocycles. The van der Waals surface area contributed by atoms with Crippen molar-refractivity contribution in [2.75, 3.05) is 7.05 Å². The Morgan fingerprint density at radius 2 is 1.89 bits per heavy atom. The van der Waals surface area contributed by atoms with Gasteiger partial charge >= 0.3 is 0 Å². The number of nitrogens with zero attached hydrogens (tertiary/aromatic N) is 2. The molecule has 1 heterocycles. The molecule has 1 aromatic carbocycles. The second-order valence-electron chi connectivity index (χ2n) is 6.99. The molecule has 9 heteroatoms. The molecule has 0 saturated heterocycles. The SMILES string of the molecule is CNC1=CC=C(NS(=O)(=O)c2cccc(-c3noc([C@@H](N)C(C)C)n3)c2)CC1. The highest BCUT2D eigenvalue weighted by atomic mass is 32.2. The Balaban J connectivity index is 1.83. The van der Waals surface area contributed by atoms with Crippen LogP contribution in [0.3, 0.4) is 0 Å². The van der Waals surface area contributed by atoms with Gasteiger partial charge in [0.1, 0.15) is 0 Å². The molecule has 0 fully saturated rings. The van der Waals surface area contributed by atoms with E-state index in [1.165, 1.54) is 12.1 Å². The Labute approximate surface area is 165 Å². The number of nitrogens with one attached hydrogen (secondary N) is 2. The van der Waals surface area contributed by atoms with Crippen LogP contribution in [0.4, 0.5) is 0 Å². The lowest BCUT2D eigenvalue weighted by Gasteiger charge is -2.16. The number of hydrogen-bond donors (Lipinski definition) is 3. The average Bonchev–Trinajstić information content (AvgIpc) is 3.18. The molecule has 0 spiro atoms. The maximum absolute atomic E-state index is 12.8. The summed E-state index contributed by atoms with van der Waals surface area (Å²) in [5.74, 6) is 0.781. The molecule has 3 rings (SSSR count). The van der Waals surface area contributed by atoms with Gasteiger partial charge in [0.25, 0.3) is 10.0 Å². The fraction of sp³-hybridized carbons (Fsp3) is 0.368. The van der Waals surface area contributed by atoms with Crippen LogP contribution in [0.5, 0.6) is 0 Å². The fourth-order valence-corrected chi connectivity index (χ4v) is 3.91. The van der Waals surface area contributed by atoms with Gasteiger partial charge in [-0.1, -0.05) is 31.1 Å². The van der Waals surface area contributed by atoms with Crippen LogP contribution in [0, 0.1) is 5.92 Å². The lowest BCUT2D eigenvalue weighted by Crippen LogP contribution is -2.24. The first-order chi connectivity index (χ1) is 13.3. The topological polar surface area (TPSA) is 123 Å². The summed E-state index contributed by atoms with van der Waals surface area (Å²) >= 11 is 0. The first-order valence-corrected chi connectivity index (χ1v) is 10.6.